The van der Waals surface area contributed by atoms with Gasteiger partial charge in [-0.1, -0.05) is 12.8 Å². The van der Waals surface area contributed by atoms with Gasteiger partial charge in [-0.2, -0.15) is 0 Å². The molecule has 154 valence electrons. The second-order valence-electron chi connectivity index (χ2n) is 7.63. The lowest BCUT2D eigenvalue weighted by Gasteiger charge is -2.45. The first-order valence-corrected chi connectivity index (χ1v) is 9.50. The van der Waals surface area contributed by atoms with Gasteiger partial charge in [0.25, 0.3) is 0 Å². The molecule has 0 aromatic heterocycles. The Hall–Kier alpha value is -1.39. The average Bonchev–Trinajstić information content (AvgIpc) is 2.59. The van der Waals surface area contributed by atoms with E-state index in [1.807, 2.05) is 0 Å². The second kappa shape index (κ2) is 8.32. The number of imide groups is 1. The van der Waals surface area contributed by atoms with Gasteiger partial charge in [0.15, 0.2) is 0 Å². The van der Waals surface area contributed by atoms with E-state index >= 15 is 0 Å². The standard InChI is InChI=1S/C17H27F3N4O3/c1-22-15(10-14(25)21-16(22)26)24-8-6-23(7-9-24)11-12-4-2-3-5-13(12)27-17(18,19)20/h12-13,15H,2-11H2,1H3,(H,21,25,26). The highest BCUT2D eigenvalue weighted by atomic mass is 19.4. The molecule has 0 bridgehead atoms. The van der Waals surface area contributed by atoms with Crippen molar-refractivity contribution in [3.63, 3.8) is 0 Å². The van der Waals surface area contributed by atoms with Crippen LogP contribution in [0.15, 0.2) is 0 Å². The molecule has 0 radical (unpaired) electrons. The lowest BCUT2D eigenvalue weighted by atomic mass is 9.86. The molecule has 0 aromatic carbocycles. The number of urea groups is 1. The van der Waals surface area contributed by atoms with Crippen molar-refractivity contribution in [1.82, 2.24) is 20.0 Å². The van der Waals surface area contributed by atoms with Gasteiger partial charge in [-0.15, -0.1) is 13.2 Å². The summed E-state index contributed by atoms with van der Waals surface area (Å²) in [7, 11) is 1.67. The smallest absolute Gasteiger partial charge is 0.311 e. The summed E-state index contributed by atoms with van der Waals surface area (Å²) < 4.78 is 42.3. The summed E-state index contributed by atoms with van der Waals surface area (Å²) >= 11 is 0. The third-order valence-electron chi connectivity index (χ3n) is 5.83. The normalized spacial score (nSPS) is 31.9. The van der Waals surface area contributed by atoms with Crippen molar-refractivity contribution in [1.29, 1.82) is 0 Å². The predicted octanol–water partition coefficient (Wildman–Crippen LogP) is 1.60. The van der Waals surface area contributed by atoms with Crippen molar-refractivity contribution >= 4 is 11.9 Å². The highest BCUT2D eigenvalue weighted by Gasteiger charge is 2.39. The molecular weight excluding hydrogens is 365 g/mol. The van der Waals surface area contributed by atoms with Crippen LogP contribution in [0.3, 0.4) is 0 Å². The molecule has 10 heteroatoms. The van der Waals surface area contributed by atoms with Crippen LogP contribution in [0.4, 0.5) is 18.0 Å². The molecule has 27 heavy (non-hydrogen) atoms. The van der Waals surface area contributed by atoms with E-state index in [0.717, 1.165) is 19.3 Å². The van der Waals surface area contributed by atoms with Gasteiger partial charge in [0.1, 0.15) is 0 Å². The molecule has 1 aliphatic carbocycles. The van der Waals surface area contributed by atoms with Gasteiger partial charge < -0.3 is 9.80 Å². The zero-order chi connectivity index (χ0) is 19.6. The Kier molecular flexibility index (Phi) is 6.27. The lowest BCUT2D eigenvalue weighted by molar-refractivity contribution is -0.351. The van der Waals surface area contributed by atoms with Crippen LogP contribution >= 0.6 is 0 Å². The van der Waals surface area contributed by atoms with Gasteiger partial charge in [0.2, 0.25) is 5.91 Å². The van der Waals surface area contributed by atoms with E-state index in [1.165, 1.54) is 4.90 Å². The number of ether oxygens (including phenoxy) is 1. The maximum Gasteiger partial charge on any atom is 0.522 e. The maximum atomic E-state index is 12.6. The van der Waals surface area contributed by atoms with Gasteiger partial charge in [-0.05, 0) is 18.8 Å². The molecule has 3 rings (SSSR count). The van der Waals surface area contributed by atoms with Crippen LogP contribution in [-0.2, 0) is 9.53 Å². The molecule has 7 nitrogen and oxygen atoms in total. The molecule has 2 saturated heterocycles. The Labute approximate surface area is 156 Å². The number of carbonyl (C=O) groups is 2. The summed E-state index contributed by atoms with van der Waals surface area (Å²) in [5.41, 5.74) is 0. The molecule has 3 atom stereocenters. The topological polar surface area (TPSA) is 65.1 Å². The van der Waals surface area contributed by atoms with E-state index < -0.39 is 18.5 Å². The van der Waals surface area contributed by atoms with E-state index in [9.17, 15) is 22.8 Å². The van der Waals surface area contributed by atoms with Crippen LogP contribution in [0, 0.1) is 5.92 Å². The van der Waals surface area contributed by atoms with E-state index in [2.05, 4.69) is 19.9 Å². The predicted molar refractivity (Wildman–Crippen MR) is 90.6 cm³/mol. The fourth-order valence-electron chi connectivity index (χ4n) is 4.36. The van der Waals surface area contributed by atoms with E-state index in [1.54, 1.807) is 7.05 Å². The van der Waals surface area contributed by atoms with Crippen molar-refractivity contribution in [2.75, 3.05) is 39.8 Å². The van der Waals surface area contributed by atoms with Gasteiger partial charge in [-0.25, -0.2) is 4.79 Å². The van der Waals surface area contributed by atoms with E-state index in [0.29, 0.717) is 39.1 Å². The molecule has 3 amide bonds. The van der Waals surface area contributed by atoms with Gasteiger partial charge >= 0.3 is 12.4 Å². The Balaban J connectivity index is 1.51. The van der Waals surface area contributed by atoms with Crippen LogP contribution in [0.2, 0.25) is 0 Å². The summed E-state index contributed by atoms with van der Waals surface area (Å²) in [6.07, 6.45) is -2.45. The molecule has 3 aliphatic rings. The first-order chi connectivity index (χ1) is 12.7. The summed E-state index contributed by atoms with van der Waals surface area (Å²) in [4.78, 5) is 29.2. The number of alkyl halides is 3. The summed E-state index contributed by atoms with van der Waals surface area (Å²) in [5.74, 6) is -0.392. The van der Waals surface area contributed by atoms with Crippen LogP contribution < -0.4 is 5.32 Å². The van der Waals surface area contributed by atoms with Crippen LogP contribution in [0.1, 0.15) is 32.1 Å². The van der Waals surface area contributed by atoms with Crippen molar-refractivity contribution in [2.45, 2.75) is 50.7 Å². The van der Waals surface area contributed by atoms with E-state index in [4.69, 9.17) is 0 Å². The molecule has 1 N–H and O–H groups in total. The Morgan fingerprint density at radius 2 is 1.78 bits per heavy atom. The van der Waals surface area contributed by atoms with E-state index in [-0.39, 0.29) is 24.4 Å². The fourth-order valence-corrected chi connectivity index (χ4v) is 4.36. The summed E-state index contributed by atoms with van der Waals surface area (Å²) in [5, 5.41) is 2.29. The van der Waals surface area contributed by atoms with Crippen LogP contribution in [0.25, 0.3) is 0 Å². The number of halogens is 3. The van der Waals surface area contributed by atoms with Gasteiger partial charge in [0.05, 0.1) is 18.7 Å². The Morgan fingerprint density at radius 1 is 1.11 bits per heavy atom. The monoisotopic (exact) mass is 392 g/mol. The number of hydrogen-bond acceptors (Lipinski definition) is 5. The molecule has 3 unspecified atom stereocenters. The summed E-state index contributed by atoms with van der Waals surface area (Å²) in [6, 6.07) is -0.395. The molecule has 2 aliphatic heterocycles. The van der Waals surface area contributed by atoms with Gasteiger partial charge in [0, 0.05) is 39.8 Å². The minimum atomic E-state index is -4.59. The highest BCUT2D eigenvalue weighted by Crippen LogP contribution is 2.32. The van der Waals surface area contributed by atoms with Crippen molar-refractivity contribution in [3.8, 4) is 0 Å². The number of amides is 3. The summed E-state index contributed by atoms with van der Waals surface area (Å²) in [6.45, 7) is 3.35. The lowest BCUT2D eigenvalue weighted by Crippen LogP contribution is -2.62. The minimum absolute atomic E-state index is 0.114. The Bertz CT molecular complexity index is 552. The quantitative estimate of drug-likeness (QED) is 0.787. The van der Waals surface area contributed by atoms with Gasteiger partial charge in [-0.3, -0.25) is 19.7 Å². The zero-order valence-corrected chi connectivity index (χ0v) is 15.5. The first kappa shape index (κ1) is 20.3. The minimum Gasteiger partial charge on any atom is -0.311 e. The second-order valence-corrected chi connectivity index (χ2v) is 7.63. The molecule has 2 heterocycles. The average molecular weight is 392 g/mol. The third kappa shape index (κ3) is 5.32. The largest absolute Gasteiger partial charge is 0.522 e. The molecule has 0 aromatic rings. The van der Waals surface area contributed by atoms with Crippen LogP contribution in [-0.4, -0.2) is 85.0 Å². The highest BCUT2D eigenvalue weighted by molar-refractivity contribution is 5.96. The first-order valence-electron chi connectivity index (χ1n) is 9.50. The SMILES string of the molecule is CN1C(=O)NC(=O)CC1N1CCN(CC2CCCCC2OC(F)(F)F)CC1. The maximum absolute atomic E-state index is 12.6. The number of rotatable bonds is 4. The number of piperazine rings is 1. The van der Waals surface area contributed by atoms with Crippen molar-refractivity contribution in [2.24, 2.45) is 5.92 Å². The number of nitrogens with one attached hydrogen (secondary N) is 1. The zero-order valence-electron chi connectivity index (χ0n) is 15.5. The molecular formula is C17H27F3N4O3. The number of hydrogen-bond donors (Lipinski definition) is 1. The van der Waals surface area contributed by atoms with Crippen molar-refractivity contribution in [3.05, 3.63) is 0 Å². The van der Waals surface area contributed by atoms with Crippen molar-refractivity contribution < 1.29 is 27.5 Å². The van der Waals surface area contributed by atoms with Crippen LogP contribution in [0.5, 0.6) is 0 Å². The number of nitrogens with zero attached hydrogens (tertiary/aromatic N) is 3. The molecule has 1 saturated carbocycles. The fraction of sp³-hybridized carbons (Fsp3) is 0.882. The Morgan fingerprint density at radius 3 is 2.44 bits per heavy atom. The number of carbonyl (C=O) groups excluding carboxylic acids is 2. The third-order valence-corrected chi connectivity index (χ3v) is 5.83. The molecule has 3 fully saturated rings. The molecule has 0 spiro atoms.